The van der Waals surface area contributed by atoms with Gasteiger partial charge in [0.25, 0.3) is 5.95 Å². The number of carbonyl (C=O) groups is 1. The topological polar surface area (TPSA) is 60.3 Å². The van der Waals surface area contributed by atoms with Gasteiger partial charge >= 0.3 is 6.09 Å². The van der Waals surface area contributed by atoms with Gasteiger partial charge in [0, 0.05) is 3.57 Å². The molecule has 0 aliphatic carbocycles. The Hall–Kier alpha value is -1.78. The first-order valence-corrected chi connectivity index (χ1v) is 7.09. The van der Waals surface area contributed by atoms with Crippen LogP contribution in [0.15, 0.2) is 24.4 Å². The first kappa shape index (κ1) is 14.2. The summed E-state index contributed by atoms with van der Waals surface area (Å²) in [6.07, 6.45) is 0.0447. The van der Waals surface area contributed by atoms with Crippen molar-refractivity contribution in [3.05, 3.63) is 39.7 Å². The van der Waals surface area contributed by atoms with Crippen molar-refractivity contribution in [1.82, 2.24) is 15.0 Å². The zero-order valence-corrected chi connectivity index (χ0v) is 12.7. The maximum atomic E-state index is 13.6. The molecule has 1 fully saturated rings. The van der Waals surface area contributed by atoms with Crippen LogP contribution in [0, 0.1) is 15.3 Å². The van der Waals surface area contributed by atoms with Crippen LogP contribution in [0.1, 0.15) is 0 Å². The largest absolute Gasteiger partial charge is 0.442 e. The molecular formula is C12H9F2IN4O2. The molecule has 1 aliphatic rings. The van der Waals surface area contributed by atoms with Crippen molar-refractivity contribution in [1.29, 1.82) is 0 Å². The second-order valence-electron chi connectivity index (χ2n) is 4.48. The summed E-state index contributed by atoms with van der Waals surface area (Å²) < 4.78 is 33.2. The van der Waals surface area contributed by atoms with E-state index in [2.05, 4.69) is 10.3 Å². The number of hydrogen-bond donors (Lipinski definition) is 0. The van der Waals surface area contributed by atoms with E-state index in [0.717, 1.165) is 6.20 Å². The van der Waals surface area contributed by atoms with Gasteiger partial charge in [-0.25, -0.2) is 13.9 Å². The molecule has 110 valence electrons. The maximum absolute atomic E-state index is 13.6. The van der Waals surface area contributed by atoms with Crippen LogP contribution in [0.2, 0.25) is 0 Å². The van der Waals surface area contributed by atoms with E-state index in [-0.39, 0.29) is 13.1 Å². The Balaban J connectivity index is 1.73. The lowest BCUT2D eigenvalue weighted by Crippen LogP contribution is -2.26. The lowest BCUT2D eigenvalue weighted by molar-refractivity contribution is 0.129. The van der Waals surface area contributed by atoms with Crippen molar-refractivity contribution in [2.75, 3.05) is 11.4 Å². The van der Waals surface area contributed by atoms with Gasteiger partial charge in [-0.1, -0.05) is 10.3 Å². The summed E-state index contributed by atoms with van der Waals surface area (Å²) in [5, 5.41) is 6.77. The number of ether oxygens (including phenoxy) is 1. The smallest absolute Gasteiger partial charge is 0.414 e. The van der Waals surface area contributed by atoms with Crippen LogP contribution in [0.5, 0.6) is 0 Å². The molecule has 0 radical (unpaired) electrons. The lowest BCUT2D eigenvalue weighted by Gasteiger charge is -2.13. The minimum atomic E-state index is -0.698. The SMILES string of the molecule is O=C1OC(Cn2cc(F)nn2)CN1c1ccc(I)c(F)c1. The summed E-state index contributed by atoms with van der Waals surface area (Å²) in [4.78, 5) is 13.2. The van der Waals surface area contributed by atoms with E-state index in [0.29, 0.717) is 9.26 Å². The van der Waals surface area contributed by atoms with E-state index in [9.17, 15) is 13.6 Å². The van der Waals surface area contributed by atoms with Crippen molar-refractivity contribution in [3.63, 3.8) is 0 Å². The fourth-order valence-electron chi connectivity index (χ4n) is 2.05. The number of amides is 1. The number of nitrogens with zero attached hydrogens (tertiary/aromatic N) is 4. The highest BCUT2D eigenvalue weighted by molar-refractivity contribution is 14.1. The maximum Gasteiger partial charge on any atom is 0.414 e. The molecule has 1 aromatic carbocycles. The summed E-state index contributed by atoms with van der Waals surface area (Å²) in [6.45, 7) is 0.423. The summed E-state index contributed by atoms with van der Waals surface area (Å²) in [5.41, 5.74) is 0.421. The number of aromatic nitrogens is 3. The van der Waals surface area contributed by atoms with Crippen molar-refractivity contribution in [2.45, 2.75) is 12.6 Å². The molecule has 6 nitrogen and oxygen atoms in total. The van der Waals surface area contributed by atoms with E-state index in [4.69, 9.17) is 4.74 Å². The third-order valence-electron chi connectivity index (χ3n) is 2.99. The van der Waals surface area contributed by atoms with Crippen molar-refractivity contribution >= 4 is 34.4 Å². The van der Waals surface area contributed by atoms with Crippen LogP contribution >= 0.6 is 22.6 Å². The molecule has 1 amide bonds. The number of carbonyl (C=O) groups excluding carboxylic acids is 1. The molecule has 9 heteroatoms. The summed E-state index contributed by atoms with van der Waals surface area (Å²) in [5.74, 6) is -1.10. The molecule has 0 spiro atoms. The average Bonchev–Trinajstić information content (AvgIpc) is 3.00. The molecule has 1 aliphatic heterocycles. The Kier molecular flexibility index (Phi) is 3.74. The number of halogens is 3. The molecule has 1 aromatic heterocycles. The minimum Gasteiger partial charge on any atom is -0.442 e. The number of benzene rings is 1. The van der Waals surface area contributed by atoms with Gasteiger partial charge < -0.3 is 4.74 Å². The molecular weight excluding hydrogens is 397 g/mol. The highest BCUT2D eigenvalue weighted by atomic mass is 127. The molecule has 2 heterocycles. The number of hydrogen-bond acceptors (Lipinski definition) is 4. The molecule has 0 bridgehead atoms. The van der Waals surface area contributed by atoms with Gasteiger partial charge in [0.15, 0.2) is 0 Å². The Morgan fingerprint density at radius 2 is 2.24 bits per heavy atom. The number of anilines is 1. The molecule has 1 atom stereocenters. The second-order valence-corrected chi connectivity index (χ2v) is 5.64. The molecule has 1 unspecified atom stereocenters. The van der Waals surface area contributed by atoms with E-state index in [1.807, 2.05) is 22.6 Å². The zero-order valence-electron chi connectivity index (χ0n) is 10.5. The van der Waals surface area contributed by atoms with Crippen LogP contribution in [0.4, 0.5) is 19.3 Å². The molecule has 2 aromatic rings. The van der Waals surface area contributed by atoms with Gasteiger partial charge in [-0.05, 0) is 40.8 Å². The van der Waals surface area contributed by atoms with E-state index < -0.39 is 24.0 Å². The highest BCUT2D eigenvalue weighted by Gasteiger charge is 2.33. The highest BCUT2D eigenvalue weighted by Crippen LogP contribution is 2.25. The number of cyclic esters (lactones) is 1. The van der Waals surface area contributed by atoms with Gasteiger partial charge in [0.2, 0.25) is 0 Å². The third kappa shape index (κ3) is 2.96. The minimum absolute atomic E-state index is 0.187. The predicted molar refractivity (Wildman–Crippen MR) is 76.7 cm³/mol. The van der Waals surface area contributed by atoms with Crippen LogP contribution in [0.25, 0.3) is 0 Å². The van der Waals surface area contributed by atoms with Crippen LogP contribution in [0.3, 0.4) is 0 Å². The first-order chi connectivity index (χ1) is 10.0. The van der Waals surface area contributed by atoms with Crippen molar-refractivity contribution in [3.8, 4) is 0 Å². The van der Waals surface area contributed by atoms with Gasteiger partial charge in [-0.2, -0.15) is 4.39 Å². The van der Waals surface area contributed by atoms with Gasteiger partial charge in [-0.3, -0.25) is 4.90 Å². The fourth-order valence-corrected chi connectivity index (χ4v) is 2.39. The lowest BCUT2D eigenvalue weighted by atomic mass is 10.2. The molecule has 21 heavy (non-hydrogen) atoms. The molecule has 1 saturated heterocycles. The van der Waals surface area contributed by atoms with Crippen molar-refractivity contribution in [2.24, 2.45) is 0 Å². The Morgan fingerprint density at radius 1 is 1.43 bits per heavy atom. The van der Waals surface area contributed by atoms with Crippen LogP contribution < -0.4 is 4.90 Å². The van der Waals surface area contributed by atoms with Gasteiger partial charge in [-0.15, -0.1) is 0 Å². The standard InChI is InChI=1S/C12H9F2IN4O2/c13-9-3-7(1-2-10(9)15)19-5-8(21-12(19)20)4-18-6-11(14)16-17-18/h1-3,6,8H,4-5H2. The van der Waals surface area contributed by atoms with E-state index in [1.54, 1.807) is 12.1 Å². The molecule has 0 N–H and O–H groups in total. The summed E-state index contributed by atoms with van der Waals surface area (Å²) in [7, 11) is 0. The van der Waals surface area contributed by atoms with Crippen LogP contribution in [-0.4, -0.2) is 33.7 Å². The quantitative estimate of drug-likeness (QED) is 0.734. The Labute approximate surface area is 131 Å². The third-order valence-corrected chi connectivity index (χ3v) is 3.87. The van der Waals surface area contributed by atoms with Gasteiger partial charge in [0.05, 0.1) is 25.0 Å². The van der Waals surface area contributed by atoms with E-state index in [1.165, 1.54) is 15.6 Å². The Morgan fingerprint density at radius 3 is 2.90 bits per heavy atom. The zero-order chi connectivity index (χ0) is 15.0. The van der Waals surface area contributed by atoms with Crippen LogP contribution in [-0.2, 0) is 11.3 Å². The van der Waals surface area contributed by atoms with E-state index >= 15 is 0 Å². The summed E-state index contributed by atoms with van der Waals surface area (Å²) in [6, 6.07) is 4.50. The predicted octanol–water partition coefficient (Wildman–Crippen LogP) is 2.19. The number of rotatable bonds is 3. The fraction of sp³-hybridized carbons (Fsp3) is 0.250. The monoisotopic (exact) mass is 406 g/mol. The molecule has 3 rings (SSSR count). The van der Waals surface area contributed by atoms with Crippen molar-refractivity contribution < 1.29 is 18.3 Å². The normalized spacial score (nSPS) is 18.1. The Bertz CT molecular complexity index is 694. The average molecular weight is 406 g/mol. The first-order valence-electron chi connectivity index (χ1n) is 6.02. The second kappa shape index (κ2) is 5.54. The summed E-state index contributed by atoms with van der Waals surface area (Å²) >= 11 is 1.87. The molecule has 0 saturated carbocycles. The van der Waals surface area contributed by atoms with Gasteiger partial charge in [0.1, 0.15) is 11.9 Å².